The van der Waals surface area contributed by atoms with E-state index in [2.05, 4.69) is 0 Å². The van der Waals surface area contributed by atoms with E-state index in [0.717, 1.165) is 17.0 Å². The second kappa shape index (κ2) is 5.91. The molecule has 1 aromatic rings. The Hall–Kier alpha value is -2.56. The molecular formula is C12H11FN2O7S. The van der Waals surface area contributed by atoms with Crippen LogP contribution in [0.25, 0.3) is 0 Å². The van der Waals surface area contributed by atoms with E-state index in [1.807, 2.05) is 0 Å². The van der Waals surface area contributed by atoms with Gasteiger partial charge in [0.15, 0.2) is 0 Å². The van der Waals surface area contributed by atoms with Crippen LogP contribution >= 0.6 is 0 Å². The molecule has 0 spiro atoms. The van der Waals surface area contributed by atoms with Crippen LogP contribution in [0, 0.1) is 16.0 Å². The number of rotatable bonds is 5. The SMILES string of the molecule is O=C(O)c1cc(N2CC(CS(=O)(=O)F)CC2=O)ccc1[N+](=O)[O-]. The highest BCUT2D eigenvalue weighted by atomic mass is 32.3. The summed E-state index contributed by atoms with van der Waals surface area (Å²) in [6, 6.07) is 3.10. The molecule has 2 rings (SSSR count). The van der Waals surface area contributed by atoms with Gasteiger partial charge in [0.1, 0.15) is 5.56 Å². The molecule has 0 aliphatic carbocycles. The average Bonchev–Trinajstić information content (AvgIpc) is 2.76. The standard InChI is InChI=1S/C12H11FN2O7S/c13-23(21,22)6-7-3-11(16)14(5-7)8-1-2-10(15(19)20)9(4-8)12(17)18/h1-2,4,7H,3,5-6H2,(H,17,18). The lowest BCUT2D eigenvalue weighted by atomic mass is 10.1. The predicted molar refractivity (Wildman–Crippen MR) is 75.4 cm³/mol. The normalized spacial score (nSPS) is 18.2. The summed E-state index contributed by atoms with van der Waals surface area (Å²) >= 11 is 0. The highest BCUT2D eigenvalue weighted by Gasteiger charge is 2.34. The first-order chi connectivity index (χ1) is 10.6. The molecule has 23 heavy (non-hydrogen) atoms. The lowest BCUT2D eigenvalue weighted by Crippen LogP contribution is -2.25. The van der Waals surface area contributed by atoms with E-state index < -0.39 is 49.9 Å². The Labute approximate surface area is 129 Å². The number of benzene rings is 1. The molecule has 0 aromatic heterocycles. The van der Waals surface area contributed by atoms with Crippen LogP contribution in [-0.4, -0.2) is 42.6 Å². The number of nitrogens with zero attached hydrogens (tertiary/aromatic N) is 2. The molecule has 1 atom stereocenters. The number of carbonyl (C=O) groups excluding carboxylic acids is 1. The van der Waals surface area contributed by atoms with Gasteiger partial charge in [0.05, 0.1) is 10.7 Å². The van der Waals surface area contributed by atoms with Crippen LogP contribution in [-0.2, 0) is 15.0 Å². The number of nitro benzene ring substituents is 1. The molecule has 1 aliphatic heterocycles. The van der Waals surface area contributed by atoms with E-state index in [9.17, 15) is 32.0 Å². The summed E-state index contributed by atoms with van der Waals surface area (Å²) in [7, 11) is -4.74. The molecule has 0 saturated carbocycles. The van der Waals surface area contributed by atoms with Gasteiger partial charge in [-0.05, 0) is 12.1 Å². The number of nitro groups is 1. The molecule has 0 bridgehead atoms. The molecule has 124 valence electrons. The zero-order valence-electron chi connectivity index (χ0n) is 11.5. The summed E-state index contributed by atoms with van der Waals surface area (Å²) in [6.45, 7) is -0.112. The highest BCUT2D eigenvalue weighted by Crippen LogP contribution is 2.30. The van der Waals surface area contributed by atoms with Crippen molar-refractivity contribution >= 4 is 33.5 Å². The fourth-order valence-corrected chi connectivity index (χ4v) is 3.23. The van der Waals surface area contributed by atoms with Crippen molar-refractivity contribution in [3.05, 3.63) is 33.9 Å². The number of aromatic carboxylic acids is 1. The molecule has 1 heterocycles. The van der Waals surface area contributed by atoms with Crippen LogP contribution in [0.2, 0.25) is 0 Å². The van der Waals surface area contributed by atoms with Crippen LogP contribution in [0.5, 0.6) is 0 Å². The van der Waals surface area contributed by atoms with Crippen molar-refractivity contribution in [3.63, 3.8) is 0 Å². The summed E-state index contributed by atoms with van der Waals surface area (Å²) in [6.07, 6.45) is -0.206. The van der Waals surface area contributed by atoms with Crippen LogP contribution in [0.3, 0.4) is 0 Å². The molecular weight excluding hydrogens is 335 g/mol. The maximum atomic E-state index is 12.7. The molecule has 1 unspecified atom stereocenters. The third-order valence-corrected chi connectivity index (χ3v) is 4.23. The first kappa shape index (κ1) is 16.8. The number of hydrogen-bond acceptors (Lipinski definition) is 6. The van der Waals surface area contributed by atoms with E-state index in [4.69, 9.17) is 5.11 Å². The van der Waals surface area contributed by atoms with E-state index in [-0.39, 0.29) is 18.7 Å². The van der Waals surface area contributed by atoms with Crippen molar-refractivity contribution in [2.24, 2.45) is 5.92 Å². The zero-order valence-corrected chi connectivity index (χ0v) is 12.3. The second-order valence-electron chi connectivity index (χ2n) is 5.04. The molecule has 1 fully saturated rings. The van der Waals surface area contributed by atoms with Crippen molar-refractivity contribution < 1.29 is 31.9 Å². The van der Waals surface area contributed by atoms with Crippen molar-refractivity contribution in [2.75, 3.05) is 17.2 Å². The summed E-state index contributed by atoms with van der Waals surface area (Å²) < 4.78 is 34.0. The minimum Gasteiger partial charge on any atom is -0.477 e. The van der Waals surface area contributed by atoms with Crippen molar-refractivity contribution in [1.29, 1.82) is 0 Å². The van der Waals surface area contributed by atoms with Gasteiger partial charge in [-0.25, -0.2) is 4.79 Å². The van der Waals surface area contributed by atoms with Crippen molar-refractivity contribution in [1.82, 2.24) is 0 Å². The minimum absolute atomic E-state index is 0.0803. The molecule has 1 aromatic carbocycles. The molecule has 1 saturated heterocycles. The summed E-state index contributed by atoms with van der Waals surface area (Å²) in [4.78, 5) is 34.0. The van der Waals surface area contributed by atoms with Gasteiger partial charge in [0.2, 0.25) is 5.91 Å². The Balaban J connectivity index is 2.32. The minimum atomic E-state index is -4.74. The summed E-state index contributed by atoms with van der Waals surface area (Å²) in [5, 5.41) is 19.8. The van der Waals surface area contributed by atoms with Crippen molar-refractivity contribution in [2.45, 2.75) is 6.42 Å². The van der Waals surface area contributed by atoms with Crippen LogP contribution < -0.4 is 4.90 Å². The number of halogens is 1. The molecule has 1 amide bonds. The number of carboxylic acid groups (broad SMARTS) is 1. The average molecular weight is 346 g/mol. The second-order valence-corrected chi connectivity index (χ2v) is 6.45. The third-order valence-electron chi connectivity index (χ3n) is 3.36. The van der Waals surface area contributed by atoms with Crippen LogP contribution in [0.1, 0.15) is 16.8 Å². The Bertz CT molecular complexity index is 793. The van der Waals surface area contributed by atoms with Gasteiger partial charge in [-0.3, -0.25) is 14.9 Å². The molecule has 0 radical (unpaired) electrons. The quantitative estimate of drug-likeness (QED) is 0.476. The van der Waals surface area contributed by atoms with E-state index in [1.165, 1.54) is 6.07 Å². The molecule has 11 heteroatoms. The lowest BCUT2D eigenvalue weighted by Gasteiger charge is -2.17. The Morgan fingerprint density at radius 3 is 2.65 bits per heavy atom. The van der Waals surface area contributed by atoms with Crippen LogP contribution in [0.4, 0.5) is 15.3 Å². The highest BCUT2D eigenvalue weighted by molar-refractivity contribution is 7.86. The Morgan fingerprint density at radius 2 is 2.13 bits per heavy atom. The predicted octanol–water partition coefficient (Wildman–Crippen LogP) is 0.945. The monoisotopic (exact) mass is 346 g/mol. The Kier molecular flexibility index (Phi) is 4.32. The molecule has 1 N–H and O–H groups in total. The maximum Gasteiger partial charge on any atom is 0.342 e. The first-order valence-electron chi connectivity index (χ1n) is 6.33. The van der Waals surface area contributed by atoms with Gasteiger partial charge < -0.3 is 10.0 Å². The third kappa shape index (κ3) is 3.80. The topological polar surface area (TPSA) is 135 Å². The number of anilines is 1. The van der Waals surface area contributed by atoms with Gasteiger partial charge in [0.25, 0.3) is 5.69 Å². The van der Waals surface area contributed by atoms with Gasteiger partial charge in [-0.1, -0.05) is 0 Å². The number of hydrogen-bond donors (Lipinski definition) is 1. The molecule has 1 aliphatic rings. The molecule has 9 nitrogen and oxygen atoms in total. The number of amides is 1. The van der Waals surface area contributed by atoms with Gasteiger partial charge in [-0.2, -0.15) is 8.42 Å². The number of carbonyl (C=O) groups is 2. The van der Waals surface area contributed by atoms with E-state index >= 15 is 0 Å². The summed E-state index contributed by atoms with van der Waals surface area (Å²) in [5.41, 5.74) is -1.14. The fourth-order valence-electron chi connectivity index (χ4n) is 2.45. The summed E-state index contributed by atoms with van der Waals surface area (Å²) in [5.74, 6) is -3.62. The first-order valence-corrected chi connectivity index (χ1v) is 7.88. The lowest BCUT2D eigenvalue weighted by molar-refractivity contribution is -0.385. The number of carboxylic acids is 1. The fraction of sp³-hybridized carbons (Fsp3) is 0.333. The van der Waals surface area contributed by atoms with Crippen LogP contribution in [0.15, 0.2) is 18.2 Å². The Morgan fingerprint density at radius 1 is 1.48 bits per heavy atom. The zero-order chi connectivity index (χ0) is 17.4. The smallest absolute Gasteiger partial charge is 0.342 e. The van der Waals surface area contributed by atoms with Gasteiger partial charge in [0, 0.05) is 30.6 Å². The van der Waals surface area contributed by atoms with Crippen molar-refractivity contribution in [3.8, 4) is 0 Å². The van der Waals surface area contributed by atoms with Gasteiger partial charge >= 0.3 is 16.2 Å². The van der Waals surface area contributed by atoms with Gasteiger partial charge in [-0.15, -0.1) is 3.89 Å². The van der Waals surface area contributed by atoms with E-state index in [1.54, 1.807) is 0 Å². The van der Waals surface area contributed by atoms with E-state index in [0.29, 0.717) is 0 Å². The maximum absolute atomic E-state index is 12.7. The largest absolute Gasteiger partial charge is 0.477 e.